The smallest absolute Gasteiger partial charge is 0.223 e. The molecule has 1 aromatic carbocycles. The van der Waals surface area contributed by atoms with Crippen LogP contribution in [0.5, 0.6) is 0 Å². The van der Waals surface area contributed by atoms with Crippen LogP contribution in [0.2, 0.25) is 0 Å². The van der Waals surface area contributed by atoms with E-state index in [4.69, 9.17) is 0 Å². The molecule has 0 saturated carbocycles. The molecule has 0 amide bonds. The van der Waals surface area contributed by atoms with E-state index in [0.717, 1.165) is 5.56 Å². The third-order valence-electron chi connectivity index (χ3n) is 2.04. The van der Waals surface area contributed by atoms with Gasteiger partial charge in [-0.1, -0.05) is 17.7 Å². The van der Waals surface area contributed by atoms with E-state index in [0.29, 0.717) is 0 Å². The minimum Gasteiger partial charge on any atom is -0.290 e. The van der Waals surface area contributed by atoms with Crippen LogP contribution in [0, 0.1) is 6.92 Å². The highest BCUT2D eigenvalue weighted by Crippen LogP contribution is 2.06. The van der Waals surface area contributed by atoms with Gasteiger partial charge in [0.1, 0.15) is 0 Å². The number of aryl methyl sites for hydroxylation is 1. The maximum atomic E-state index is 9.69. The van der Waals surface area contributed by atoms with E-state index in [1.807, 2.05) is 52.0 Å². The predicted octanol–water partition coefficient (Wildman–Crippen LogP) is 2.61. The Bertz CT molecular complexity index is 330. The summed E-state index contributed by atoms with van der Waals surface area (Å²) in [5.41, 5.74) is 1.97. The molecule has 0 aliphatic rings. The molecule has 0 bridgehead atoms. The normalized spacial score (nSPS) is 13.0. The molecule has 0 heterocycles. The quantitative estimate of drug-likeness (QED) is 0.314. The molecule has 76 valence electrons. The van der Waals surface area contributed by atoms with E-state index in [9.17, 15) is 5.21 Å². The molecule has 0 unspecified atom stereocenters. The second kappa shape index (κ2) is 3.82. The molecule has 0 atom stereocenters. The van der Waals surface area contributed by atoms with Crippen LogP contribution in [0.15, 0.2) is 24.3 Å². The van der Waals surface area contributed by atoms with Crippen molar-refractivity contribution in [2.24, 2.45) is 0 Å². The third kappa shape index (κ3) is 2.87. The summed E-state index contributed by atoms with van der Waals surface area (Å²) in [6, 6.07) is 8.04. The van der Waals surface area contributed by atoms with Crippen LogP contribution < -0.4 is 0 Å². The average Bonchev–Trinajstić information content (AvgIpc) is 2.07. The topological polar surface area (TPSA) is 23.2 Å². The number of hydroxylamine groups is 1. The Labute approximate surface area is 85.5 Å². The van der Waals surface area contributed by atoms with E-state index in [-0.39, 0.29) is 5.54 Å². The first-order valence-electron chi connectivity index (χ1n) is 4.79. The number of hydrogen-bond acceptors (Lipinski definition) is 1. The Kier molecular flexibility index (Phi) is 2.94. The first-order chi connectivity index (χ1) is 6.39. The van der Waals surface area contributed by atoms with Gasteiger partial charge in [-0.2, -0.15) is 0 Å². The molecule has 0 aromatic heterocycles. The van der Waals surface area contributed by atoms with Crippen LogP contribution in [-0.2, 0) is 0 Å². The molecule has 0 aliphatic carbocycles. The number of benzene rings is 1. The van der Waals surface area contributed by atoms with Crippen molar-refractivity contribution < 1.29 is 9.95 Å². The zero-order valence-corrected chi connectivity index (χ0v) is 9.28. The molecular weight excluding hydrogens is 174 g/mol. The van der Waals surface area contributed by atoms with Gasteiger partial charge in [0.2, 0.25) is 11.8 Å². The van der Waals surface area contributed by atoms with Crippen LogP contribution in [0.3, 0.4) is 0 Å². The lowest BCUT2D eigenvalue weighted by molar-refractivity contribution is -0.816. The summed E-state index contributed by atoms with van der Waals surface area (Å²) >= 11 is 0. The van der Waals surface area contributed by atoms with Crippen LogP contribution in [0.1, 0.15) is 31.9 Å². The Hall–Kier alpha value is -1.31. The van der Waals surface area contributed by atoms with Crippen molar-refractivity contribution in [2.75, 3.05) is 0 Å². The first kappa shape index (κ1) is 10.8. The van der Waals surface area contributed by atoms with Crippen molar-refractivity contribution in [2.45, 2.75) is 33.2 Å². The Balaban J connectivity index is 2.93. The summed E-state index contributed by atoms with van der Waals surface area (Å²) in [5, 5.41) is 9.69. The van der Waals surface area contributed by atoms with Crippen LogP contribution in [-0.4, -0.2) is 21.7 Å². The van der Waals surface area contributed by atoms with Gasteiger partial charge in [0.25, 0.3) is 0 Å². The SMILES string of the molecule is Cc1ccc(/C=[N+](/O)C(C)(C)C)cc1. The summed E-state index contributed by atoms with van der Waals surface area (Å²) in [7, 11) is 0. The second-order valence-corrected chi connectivity index (χ2v) is 4.56. The molecule has 0 spiro atoms. The van der Waals surface area contributed by atoms with Crippen LogP contribution in [0.25, 0.3) is 0 Å². The van der Waals surface area contributed by atoms with Crippen LogP contribution >= 0.6 is 0 Å². The minimum atomic E-state index is -0.259. The van der Waals surface area contributed by atoms with E-state index < -0.39 is 0 Å². The fourth-order valence-corrected chi connectivity index (χ4v) is 0.987. The largest absolute Gasteiger partial charge is 0.290 e. The third-order valence-corrected chi connectivity index (χ3v) is 2.04. The van der Waals surface area contributed by atoms with E-state index >= 15 is 0 Å². The summed E-state index contributed by atoms with van der Waals surface area (Å²) in [4.78, 5) is 0. The van der Waals surface area contributed by atoms with E-state index in [1.165, 1.54) is 10.3 Å². The van der Waals surface area contributed by atoms with Crippen molar-refractivity contribution in [3.63, 3.8) is 0 Å². The number of nitrogens with zero attached hydrogens (tertiary/aromatic N) is 1. The average molecular weight is 192 g/mol. The number of rotatable bonds is 1. The van der Waals surface area contributed by atoms with Gasteiger partial charge in [-0.15, -0.1) is 0 Å². The van der Waals surface area contributed by atoms with Crippen molar-refractivity contribution in [1.82, 2.24) is 0 Å². The molecule has 1 aromatic rings. The molecule has 0 fully saturated rings. The Morgan fingerprint density at radius 2 is 1.64 bits per heavy atom. The summed E-state index contributed by atoms with van der Waals surface area (Å²) in [5.74, 6) is 0. The van der Waals surface area contributed by atoms with Crippen molar-refractivity contribution in [3.05, 3.63) is 35.4 Å². The van der Waals surface area contributed by atoms with E-state index in [2.05, 4.69) is 0 Å². The molecule has 1 N–H and O–H groups in total. The van der Waals surface area contributed by atoms with Gasteiger partial charge in [-0.05, 0) is 23.8 Å². The fourth-order valence-electron chi connectivity index (χ4n) is 0.987. The maximum Gasteiger partial charge on any atom is 0.223 e. The summed E-state index contributed by atoms with van der Waals surface area (Å²) in [6.07, 6.45) is 1.74. The summed E-state index contributed by atoms with van der Waals surface area (Å²) in [6.45, 7) is 7.91. The van der Waals surface area contributed by atoms with Crippen molar-refractivity contribution in [1.29, 1.82) is 0 Å². The highest BCUT2D eigenvalue weighted by molar-refractivity contribution is 5.75. The lowest BCUT2D eigenvalue weighted by Gasteiger charge is -2.09. The van der Waals surface area contributed by atoms with Gasteiger partial charge >= 0.3 is 0 Å². The van der Waals surface area contributed by atoms with Crippen molar-refractivity contribution in [3.8, 4) is 0 Å². The standard InChI is InChI=1S/C12H18NO/c1-10-5-7-11(8-6-10)9-13(14)12(2,3)4/h5-9,14H,1-4H3/q+1/b13-9+. The molecule has 0 aliphatic heterocycles. The summed E-state index contributed by atoms with van der Waals surface area (Å²) < 4.78 is 1.23. The van der Waals surface area contributed by atoms with Gasteiger partial charge < -0.3 is 0 Å². The van der Waals surface area contributed by atoms with Gasteiger partial charge in [0.15, 0.2) is 0 Å². The van der Waals surface area contributed by atoms with Gasteiger partial charge in [0, 0.05) is 26.3 Å². The molecule has 1 rings (SSSR count). The fraction of sp³-hybridized carbons (Fsp3) is 0.417. The molecule has 0 saturated heterocycles. The molecule has 2 heteroatoms. The minimum absolute atomic E-state index is 0.259. The number of hydrogen-bond donors (Lipinski definition) is 1. The Morgan fingerprint density at radius 1 is 1.14 bits per heavy atom. The lowest BCUT2D eigenvalue weighted by Crippen LogP contribution is -2.31. The Morgan fingerprint density at radius 3 is 2.07 bits per heavy atom. The molecule has 2 nitrogen and oxygen atoms in total. The monoisotopic (exact) mass is 192 g/mol. The zero-order valence-electron chi connectivity index (χ0n) is 9.28. The molecule has 0 radical (unpaired) electrons. The zero-order chi connectivity index (χ0) is 10.8. The second-order valence-electron chi connectivity index (χ2n) is 4.56. The molecule has 14 heavy (non-hydrogen) atoms. The van der Waals surface area contributed by atoms with E-state index in [1.54, 1.807) is 6.21 Å². The van der Waals surface area contributed by atoms with Gasteiger partial charge in [-0.3, -0.25) is 5.21 Å². The highest BCUT2D eigenvalue weighted by atomic mass is 16.5. The van der Waals surface area contributed by atoms with Crippen molar-refractivity contribution >= 4 is 6.21 Å². The van der Waals surface area contributed by atoms with Crippen LogP contribution in [0.4, 0.5) is 0 Å². The van der Waals surface area contributed by atoms with Gasteiger partial charge in [0.05, 0.1) is 0 Å². The molecular formula is C12H18NO+. The highest BCUT2D eigenvalue weighted by Gasteiger charge is 2.23. The maximum absolute atomic E-state index is 9.69. The van der Waals surface area contributed by atoms with Gasteiger partial charge in [-0.25, -0.2) is 0 Å². The predicted molar refractivity (Wildman–Crippen MR) is 58.1 cm³/mol. The first-order valence-corrected chi connectivity index (χ1v) is 4.79. The lowest BCUT2D eigenvalue weighted by atomic mass is 10.1.